The fourth-order valence-electron chi connectivity index (χ4n) is 3.31. The van der Waals surface area contributed by atoms with Crippen LogP contribution in [0.15, 0.2) is 30.8 Å². The highest BCUT2D eigenvalue weighted by molar-refractivity contribution is 5.90. The number of nitrogens with one attached hydrogen (secondary N) is 2. The van der Waals surface area contributed by atoms with E-state index in [1.165, 1.54) is 0 Å². The molecule has 1 aromatic carbocycles. The van der Waals surface area contributed by atoms with Crippen molar-refractivity contribution in [3.8, 4) is 0 Å². The maximum Gasteiger partial charge on any atom is 0.408 e. The topological polar surface area (TPSA) is 87.7 Å². The molecule has 0 fully saturated rings. The third kappa shape index (κ3) is 10.6. The quantitative estimate of drug-likeness (QED) is 0.414. The molecule has 7 nitrogen and oxygen atoms in total. The largest absolute Gasteiger partial charge is 0.444 e. The molecular formula is C26H41N3O4. The van der Waals surface area contributed by atoms with Gasteiger partial charge in [0, 0.05) is 13.1 Å². The summed E-state index contributed by atoms with van der Waals surface area (Å²) in [6, 6.07) is 6.67. The molecule has 1 atom stereocenters. The molecule has 0 aliphatic carbocycles. The molecule has 1 rings (SSSR count). The summed E-state index contributed by atoms with van der Waals surface area (Å²) in [7, 11) is 0. The lowest BCUT2D eigenvalue weighted by atomic mass is 10.0. The molecule has 184 valence electrons. The van der Waals surface area contributed by atoms with Gasteiger partial charge in [0.05, 0.1) is 0 Å². The maximum atomic E-state index is 13.3. The zero-order valence-electron chi connectivity index (χ0n) is 20.9. The molecule has 3 amide bonds. The molecule has 2 N–H and O–H groups in total. The highest BCUT2D eigenvalue weighted by atomic mass is 16.6. The molecule has 7 heteroatoms. The molecular weight excluding hydrogens is 418 g/mol. The number of unbranched alkanes of at least 4 members (excludes halogenated alkanes) is 3. The first-order valence-corrected chi connectivity index (χ1v) is 11.9. The number of carbonyl (C=O) groups excluding carboxylic acids is 3. The maximum absolute atomic E-state index is 13.3. The zero-order chi connectivity index (χ0) is 24.9. The fourth-order valence-corrected chi connectivity index (χ4v) is 3.31. The molecule has 0 aromatic heterocycles. The van der Waals surface area contributed by atoms with Crippen molar-refractivity contribution in [3.05, 3.63) is 42.0 Å². The van der Waals surface area contributed by atoms with Crippen LogP contribution in [0.2, 0.25) is 0 Å². The predicted octanol–water partition coefficient (Wildman–Crippen LogP) is 4.83. The van der Waals surface area contributed by atoms with E-state index in [1.54, 1.807) is 31.7 Å². The zero-order valence-corrected chi connectivity index (χ0v) is 20.9. The molecule has 0 spiro atoms. The van der Waals surface area contributed by atoms with Crippen LogP contribution in [0.4, 0.5) is 4.79 Å². The minimum absolute atomic E-state index is 0.230. The first-order chi connectivity index (χ1) is 15.6. The molecule has 0 aliphatic rings. The van der Waals surface area contributed by atoms with Crippen molar-refractivity contribution in [1.82, 2.24) is 15.5 Å². The van der Waals surface area contributed by atoms with Gasteiger partial charge >= 0.3 is 6.09 Å². The summed E-state index contributed by atoms with van der Waals surface area (Å²) >= 11 is 0. The third-order valence-corrected chi connectivity index (χ3v) is 4.96. The van der Waals surface area contributed by atoms with Crippen LogP contribution in [0.5, 0.6) is 0 Å². The number of hydrogen-bond donors (Lipinski definition) is 2. The van der Waals surface area contributed by atoms with Crippen LogP contribution in [0.1, 0.15) is 83.9 Å². The van der Waals surface area contributed by atoms with Crippen molar-refractivity contribution < 1.29 is 19.1 Å². The Bertz CT molecular complexity index is 786. The Labute approximate surface area is 198 Å². The van der Waals surface area contributed by atoms with E-state index in [0.29, 0.717) is 18.7 Å². The van der Waals surface area contributed by atoms with E-state index in [-0.39, 0.29) is 18.4 Å². The normalized spacial score (nSPS) is 11.9. The lowest BCUT2D eigenvalue weighted by Crippen LogP contribution is -2.48. The monoisotopic (exact) mass is 459 g/mol. The van der Waals surface area contributed by atoms with E-state index in [4.69, 9.17) is 4.74 Å². The summed E-state index contributed by atoms with van der Waals surface area (Å²) in [5, 5.41) is 5.50. The van der Waals surface area contributed by atoms with Gasteiger partial charge in [0.2, 0.25) is 11.8 Å². The van der Waals surface area contributed by atoms with Crippen LogP contribution < -0.4 is 10.6 Å². The molecule has 0 bridgehead atoms. The van der Waals surface area contributed by atoms with E-state index in [9.17, 15) is 14.4 Å². The van der Waals surface area contributed by atoms with Crippen molar-refractivity contribution in [2.75, 3.05) is 19.6 Å². The van der Waals surface area contributed by atoms with E-state index in [0.717, 1.165) is 37.7 Å². The van der Waals surface area contributed by atoms with Gasteiger partial charge in [-0.2, -0.15) is 0 Å². The van der Waals surface area contributed by atoms with E-state index in [2.05, 4.69) is 31.1 Å². The number of hydrogen-bond acceptors (Lipinski definition) is 4. The number of alkyl carbamates (subject to hydrolysis) is 1. The molecule has 33 heavy (non-hydrogen) atoms. The summed E-state index contributed by atoms with van der Waals surface area (Å²) in [6.07, 6.45) is 5.53. The number of ether oxygens (including phenoxy) is 1. The molecule has 0 saturated heterocycles. The minimum Gasteiger partial charge on any atom is -0.444 e. The first kappa shape index (κ1) is 28.2. The fraction of sp³-hybridized carbons (Fsp3) is 0.577. The van der Waals surface area contributed by atoms with Gasteiger partial charge in [-0.1, -0.05) is 64.0 Å². The highest BCUT2D eigenvalue weighted by Crippen LogP contribution is 2.24. The molecule has 0 heterocycles. The van der Waals surface area contributed by atoms with E-state index < -0.39 is 17.7 Å². The van der Waals surface area contributed by atoms with Crippen LogP contribution in [-0.4, -0.2) is 48.0 Å². The minimum atomic E-state index is -0.799. The molecule has 1 aromatic rings. The van der Waals surface area contributed by atoms with Crippen molar-refractivity contribution in [1.29, 1.82) is 0 Å². The van der Waals surface area contributed by atoms with Gasteiger partial charge in [-0.3, -0.25) is 9.59 Å². The van der Waals surface area contributed by atoms with Gasteiger partial charge in [0.25, 0.3) is 0 Å². The van der Waals surface area contributed by atoms with Crippen LogP contribution in [0.25, 0.3) is 6.08 Å². The van der Waals surface area contributed by atoms with Crippen molar-refractivity contribution in [2.24, 2.45) is 0 Å². The number of carbonyl (C=O) groups is 3. The second-order valence-corrected chi connectivity index (χ2v) is 9.07. The Morgan fingerprint density at radius 1 is 1.09 bits per heavy atom. The van der Waals surface area contributed by atoms with Gasteiger partial charge in [-0.05, 0) is 50.8 Å². The first-order valence-electron chi connectivity index (χ1n) is 11.9. The number of benzene rings is 1. The standard InChI is InChI=1S/C26H41N3O4/c1-7-10-12-17-29(22(30)19-28-25(32)33-26(4,5)6)23(24(31)27-16-11-8-2)21-15-13-14-20(9-3)18-21/h9,13-15,18,23H,3,7-8,10-12,16-17,19H2,1-2,4-6H3,(H,27,31)(H,28,32). The molecule has 0 saturated carbocycles. The number of amides is 3. The van der Waals surface area contributed by atoms with Gasteiger partial charge in [-0.25, -0.2) is 4.79 Å². The Balaban J connectivity index is 3.19. The van der Waals surface area contributed by atoms with Gasteiger partial charge in [0.1, 0.15) is 18.2 Å². The summed E-state index contributed by atoms with van der Waals surface area (Å²) in [4.78, 5) is 40.2. The Morgan fingerprint density at radius 2 is 1.79 bits per heavy atom. The third-order valence-electron chi connectivity index (χ3n) is 4.96. The summed E-state index contributed by atoms with van der Waals surface area (Å²) in [5.74, 6) is -0.566. The number of rotatable bonds is 13. The summed E-state index contributed by atoms with van der Waals surface area (Å²) in [6.45, 7) is 13.9. The summed E-state index contributed by atoms with van der Waals surface area (Å²) in [5.41, 5.74) is 0.913. The van der Waals surface area contributed by atoms with Crippen LogP contribution in [0, 0.1) is 0 Å². The lowest BCUT2D eigenvalue weighted by molar-refractivity contribution is -0.140. The van der Waals surface area contributed by atoms with Gasteiger partial charge in [-0.15, -0.1) is 0 Å². The summed E-state index contributed by atoms with van der Waals surface area (Å²) < 4.78 is 5.24. The number of nitrogens with zero attached hydrogens (tertiary/aromatic N) is 1. The van der Waals surface area contributed by atoms with E-state index in [1.807, 2.05) is 24.3 Å². The average molecular weight is 460 g/mol. The molecule has 1 unspecified atom stereocenters. The Morgan fingerprint density at radius 3 is 2.39 bits per heavy atom. The lowest BCUT2D eigenvalue weighted by Gasteiger charge is -2.32. The molecule has 0 aliphatic heterocycles. The predicted molar refractivity (Wildman–Crippen MR) is 133 cm³/mol. The second kappa shape index (κ2) is 14.3. The SMILES string of the molecule is C=Cc1cccc(C(C(=O)NCCCC)N(CCCCC)C(=O)CNC(=O)OC(C)(C)C)c1. The van der Waals surface area contributed by atoms with Crippen LogP contribution in [0.3, 0.4) is 0 Å². The van der Waals surface area contributed by atoms with Crippen molar-refractivity contribution in [2.45, 2.75) is 78.4 Å². The highest BCUT2D eigenvalue weighted by Gasteiger charge is 2.31. The molecule has 0 radical (unpaired) electrons. The van der Waals surface area contributed by atoms with Crippen molar-refractivity contribution in [3.63, 3.8) is 0 Å². The van der Waals surface area contributed by atoms with Gasteiger partial charge in [0.15, 0.2) is 0 Å². The Hall–Kier alpha value is -2.83. The van der Waals surface area contributed by atoms with Crippen LogP contribution >= 0.6 is 0 Å². The van der Waals surface area contributed by atoms with Gasteiger partial charge < -0.3 is 20.3 Å². The van der Waals surface area contributed by atoms with E-state index >= 15 is 0 Å². The van der Waals surface area contributed by atoms with Crippen LogP contribution in [-0.2, 0) is 14.3 Å². The van der Waals surface area contributed by atoms with Crippen molar-refractivity contribution >= 4 is 24.0 Å². The Kier molecular flexibility index (Phi) is 12.3. The smallest absolute Gasteiger partial charge is 0.408 e. The average Bonchev–Trinajstić information content (AvgIpc) is 2.76. The second-order valence-electron chi connectivity index (χ2n) is 9.07.